The van der Waals surface area contributed by atoms with E-state index in [1.54, 1.807) is 13.3 Å². The van der Waals surface area contributed by atoms with Gasteiger partial charge in [-0.3, -0.25) is 0 Å². The average molecular weight is 443 g/mol. The van der Waals surface area contributed by atoms with E-state index in [1.807, 2.05) is 6.92 Å². The Labute approximate surface area is 51.5 Å². The summed E-state index contributed by atoms with van der Waals surface area (Å²) in [5, 5.41) is 8.31. The third-order valence-corrected chi connectivity index (χ3v) is 0.482. The first-order valence-electron chi connectivity index (χ1n) is 1.75. The van der Waals surface area contributed by atoms with E-state index in [0.717, 1.165) is 0 Å². The molecule has 0 amide bonds. The molecule has 1 radical (unpaired) electrons. The topological polar surface area (TPSA) is 20.2 Å². The van der Waals surface area contributed by atoms with E-state index in [2.05, 4.69) is 0 Å². The molecule has 0 aliphatic rings. The maximum absolute atomic E-state index is 8.31. The Kier molecular flexibility index (Phi) is 20.9. The second-order valence-corrected chi connectivity index (χ2v) is 1.07. The van der Waals surface area contributed by atoms with Crippen LogP contribution in [-0.4, -0.2) is 11.2 Å². The summed E-state index contributed by atoms with van der Waals surface area (Å²) in [4.78, 5) is 0. The maximum atomic E-state index is 8.31. The molecule has 1 nitrogen and oxygen atoms in total. The van der Waals surface area contributed by atoms with Crippen LogP contribution in [0, 0.1) is 6.42 Å². The summed E-state index contributed by atoms with van der Waals surface area (Å²) in [6.45, 7) is 3.55. The Morgan fingerprint density at radius 1 is 1.57 bits per heavy atom. The van der Waals surface area contributed by atoms with Gasteiger partial charge in [0, 0.05) is 19.5 Å². The fourth-order valence-corrected chi connectivity index (χ4v) is 0. The number of rotatable bonds is 1. The standard InChI is InChI=1S/C4H9O.Rf.Rh/c1-3-4(2)5;;/h3-5H,1-2H3;;/q-1;;. The SMILES string of the molecule is C[CH-]C(C)O.[Rf].[Rh]. The van der Waals surface area contributed by atoms with Crippen LogP contribution in [0.15, 0.2) is 0 Å². The molecule has 1 N–H and O–H groups in total. The Bertz CT molecular complexity index is 25.7. The van der Waals surface area contributed by atoms with Crippen LogP contribution >= 0.6 is 0 Å². The molecule has 1 atom stereocenters. The van der Waals surface area contributed by atoms with Gasteiger partial charge in [0.2, 0.25) is 0 Å². The smallest absolute Gasteiger partial charge is 0 e. The van der Waals surface area contributed by atoms with Crippen LogP contribution in [0.3, 0.4) is 0 Å². The minimum atomic E-state index is -0.241. The zero-order chi connectivity index (χ0) is 4.28. The van der Waals surface area contributed by atoms with Gasteiger partial charge in [-0.2, -0.15) is 6.92 Å². The Balaban J connectivity index is -0.0000000800. The van der Waals surface area contributed by atoms with E-state index in [0.29, 0.717) is 0 Å². The van der Waals surface area contributed by atoms with Crippen LogP contribution in [-0.2, 0) is 19.5 Å². The van der Waals surface area contributed by atoms with E-state index < -0.39 is 0 Å². The normalized spacial score (nSPS) is 10.7. The third kappa shape index (κ3) is 28.6. The maximum Gasteiger partial charge on any atom is 0 e. The van der Waals surface area contributed by atoms with Gasteiger partial charge in [0.15, 0.2) is 0 Å². The van der Waals surface area contributed by atoms with Gasteiger partial charge in [-0.1, -0.05) is 13.0 Å². The van der Waals surface area contributed by atoms with Crippen LogP contribution < -0.4 is 0 Å². The molecule has 0 bridgehead atoms. The van der Waals surface area contributed by atoms with E-state index in [1.165, 1.54) is 0 Å². The molecule has 0 saturated carbocycles. The van der Waals surface area contributed by atoms with Crippen LogP contribution in [0.5, 0.6) is 0 Å². The van der Waals surface area contributed by atoms with Crippen molar-refractivity contribution in [2.45, 2.75) is 20.0 Å². The van der Waals surface area contributed by atoms with Gasteiger partial charge in [-0.25, -0.2) is 0 Å². The molecule has 1 unspecified atom stereocenters. The fraction of sp³-hybridized carbons (Fsp3) is 0.750. The van der Waals surface area contributed by atoms with Gasteiger partial charge in [0.05, 0.1) is 0 Å². The number of hydrogen-bond acceptors (Lipinski definition) is 1. The number of aliphatic hydroxyl groups excluding tert-OH is 1. The first-order chi connectivity index (χ1) is 2.27. The molecule has 0 aliphatic carbocycles. The Hall–Kier alpha value is -0.417. The van der Waals surface area contributed by atoms with Crippen molar-refractivity contribution in [2.75, 3.05) is 0 Å². The molecule has 0 aromatic heterocycles. The predicted octanol–water partition coefficient (Wildman–Crippen LogP) is 0.589. The van der Waals surface area contributed by atoms with Crippen molar-refractivity contribution in [1.29, 1.82) is 0 Å². The molecule has 7 heavy (non-hydrogen) atoms. The summed E-state index contributed by atoms with van der Waals surface area (Å²) >= 11 is 0. The zero-order valence-electron chi connectivity index (χ0n) is 4.64. The minimum Gasteiger partial charge on any atom is -0.425 e. The summed E-state index contributed by atoms with van der Waals surface area (Å²) in [6, 6.07) is 0. The van der Waals surface area contributed by atoms with Crippen LogP contribution in [0.25, 0.3) is 0 Å². The average Bonchev–Trinajstić information content (AvgIpc) is 1.38. The van der Waals surface area contributed by atoms with Crippen LogP contribution in [0.1, 0.15) is 13.8 Å². The molecule has 0 aromatic rings. The van der Waals surface area contributed by atoms with Gasteiger partial charge in [-0.05, 0) is 0 Å². The summed E-state index contributed by atoms with van der Waals surface area (Å²) < 4.78 is 0. The molecule has 0 aliphatic heterocycles. The number of hydrogen-bond donors (Lipinski definition) is 1. The van der Waals surface area contributed by atoms with Gasteiger partial charge < -0.3 is 11.5 Å². The van der Waals surface area contributed by atoms with Crippen molar-refractivity contribution in [2.24, 2.45) is 0 Å². The Morgan fingerprint density at radius 2 is 1.71 bits per heavy atom. The van der Waals surface area contributed by atoms with E-state index in [-0.39, 0.29) is 25.6 Å². The van der Waals surface area contributed by atoms with Gasteiger partial charge in [-0.15, -0.1) is 0 Å². The van der Waals surface area contributed by atoms with Crippen molar-refractivity contribution in [3.05, 3.63) is 6.42 Å². The molecule has 0 saturated heterocycles. The van der Waals surface area contributed by atoms with Crippen LogP contribution in [0.2, 0.25) is 0 Å². The summed E-state index contributed by atoms with van der Waals surface area (Å²) in [5.74, 6) is 0. The monoisotopic (exact) mass is 443 g/mol. The second kappa shape index (κ2) is 9.13. The van der Waals surface area contributed by atoms with Gasteiger partial charge >= 0.3 is 0 Å². The molecule has 0 fully saturated rings. The third-order valence-electron chi connectivity index (χ3n) is 0.482. The molecule has 43 valence electrons. The fourth-order valence-electron chi connectivity index (χ4n) is 0. The van der Waals surface area contributed by atoms with E-state index >= 15 is 0 Å². The van der Waals surface area contributed by atoms with Crippen molar-refractivity contribution in [1.82, 2.24) is 0 Å². The van der Waals surface area contributed by atoms with Gasteiger partial charge in [0.25, 0.3) is 0 Å². The minimum absolute atomic E-state index is 0. The molecule has 0 heterocycles. The largest absolute Gasteiger partial charge is 0.425 e. The predicted molar refractivity (Wildman–Crippen MR) is 21.7 cm³/mol. The van der Waals surface area contributed by atoms with Crippen LogP contribution in [0.4, 0.5) is 0 Å². The molecule has 0 spiro atoms. The summed E-state index contributed by atoms with van der Waals surface area (Å²) in [5.41, 5.74) is 0. The summed E-state index contributed by atoms with van der Waals surface area (Å²) in [6.07, 6.45) is 1.48. The molecule has 0 rings (SSSR count). The summed E-state index contributed by atoms with van der Waals surface area (Å²) in [7, 11) is 0. The number of aliphatic hydroxyl groups is 1. The second-order valence-electron chi connectivity index (χ2n) is 1.07. The quantitative estimate of drug-likeness (QED) is 0.465. The first-order valence-corrected chi connectivity index (χ1v) is 1.75. The molecule has 0 aromatic carbocycles. The Morgan fingerprint density at radius 3 is 1.71 bits per heavy atom. The van der Waals surface area contributed by atoms with Crippen molar-refractivity contribution >= 4 is 0 Å². The van der Waals surface area contributed by atoms with Crippen molar-refractivity contribution in [3.8, 4) is 0 Å². The molecular weight excluding hydrogens is 434 g/mol. The van der Waals surface area contributed by atoms with Crippen molar-refractivity contribution < 1.29 is 24.6 Å². The van der Waals surface area contributed by atoms with E-state index in [4.69, 9.17) is 5.11 Å². The molecule has 3 heteroatoms. The zero-order valence-corrected chi connectivity index (χ0v) is 12.7. The van der Waals surface area contributed by atoms with Crippen molar-refractivity contribution in [3.63, 3.8) is 0 Å². The first kappa shape index (κ1) is 16.0. The van der Waals surface area contributed by atoms with E-state index in [9.17, 15) is 0 Å². The molecular formula is C4H9ORfRh-. The van der Waals surface area contributed by atoms with Gasteiger partial charge in [0.1, 0.15) is 0 Å².